The van der Waals surface area contributed by atoms with Crippen LogP contribution in [0.2, 0.25) is 5.02 Å². The monoisotopic (exact) mass is 432 g/mol. The molecule has 0 aliphatic carbocycles. The minimum atomic E-state index is -0.371. The van der Waals surface area contributed by atoms with Crippen molar-refractivity contribution in [3.8, 4) is 0 Å². The van der Waals surface area contributed by atoms with Gasteiger partial charge in [-0.2, -0.15) is 0 Å². The SMILES string of the molecule is Cc1ccc(CC(CBr)(CBr)c2ccccc2F)c(Cl)c1. The summed E-state index contributed by atoms with van der Waals surface area (Å²) < 4.78 is 14.3. The van der Waals surface area contributed by atoms with Crippen LogP contribution in [0.4, 0.5) is 4.39 Å². The second-order valence-electron chi connectivity index (χ2n) is 5.30. The Balaban J connectivity index is 2.46. The molecular formula is C17H16Br2ClF. The van der Waals surface area contributed by atoms with E-state index in [1.807, 2.05) is 37.3 Å². The Bertz CT molecular complexity index is 624. The fraction of sp³-hybridized carbons (Fsp3) is 0.294. The second-order valence-corrected chi connectivity index (χ2v) is 6.83. The van der Waals surface area contributed by atoms with Gasteiger partial charge in [0.25, 0.3) is 0 Å². The van der Waals surface area contributed by atoms with Crippen LogP contribution in [-0.2, 0) is 11.8 Å². The van der Waals surface area contributed by atoms with Gasteiger partial charge in [-0.3, -0.25) is 0 Å². The van der Waals surface area contributed by atoms with Gasteiger partial charge >= 0.3 is 0 Å². The van der Waals surface area contributed by atoms with Gasteiger partial charge in [0.1, 0.15) is 5.82 Å². The van der Waals surface area contributed by atoms with E-state index in [1.54, 1.807) is 6.07 Å². The van der Waals surface area contributed by atoms with Crippen molar-refractivity contribution in [3.63, 3.8) is 0 Å². The minimum absolute atomic E-state index is 0.181. The Hall–Kier alpha value is -0.380. The molecule has 0 spiro atoms. The molecule has 0 aliphatic rings. The Morgan fingerprint density at radius 3 is 2.33 bits per heavy atom. The molecule has 0 aromatic heterocycles. The Morgan fingerprint density at radius 1 is 1.10 bits per heavy atom. The van der Waals surface area contributed by atoms with Crippen LogP contribution in [-0.4, -0.2) is 10.7 Å². The van der Waals surface area contributed by atoms with Crippen molar-refractivity contribution >= 4 is 43.5 Å². The third kappa shape index (κ3) is 3.69. The normalized spacial score (nSPS) is 11.7. The maximum atomic E-state index is 14.3. The summed E-state index contributed by atoms with van der Waals surface area (Å²) in [5.74, 6) is -0.181. The zero-order chi connectivity index (χ0) is 15.5. The van der Waals surface area contributed by atoms with E-state index in [0.29, 0.717) is 22.6 Å². The molecule has 0 N–H and O–H groups in total. The van der Waals surface area contributed by atoms with Gasteiger partial charge in [-0.15, -0.1) is 0 Å². The number of rotatable bonds is 5. The lowest BCUT2D eigenvalue weighted by atomic mass is 9.78. The minimum Gasteiger partial charge on any atom is -0.207 e. The lowest BCUT2D eigenvalue weighted by Crippen LogP contribution is -2.34. The van der Waals surface area contributed by atoms with E-state index in [0.717, 1.165) is 16.1 Å². The third-order valence-corrected chi connectivity index (χ3v) is 6.19. The van der Waals surface area contributed by atoms with Crippen molar-refractivity contribution in [1.29, 1.82) is 0 Å². The number of aryl methyl sites for hydroxylation is 1. The topological polar surface area (TPSA) is 0 Å². The van der Waals surface area contributed by atoms with Gasteiger partial charge in [-0.05, 0) is 42.2 Å². The summed E-state index contributed by atoms with van der Waals surface area (Å²) >= 11 is 13.5. The van der Waals surface area contributed by atoms with E-state index in [-0.39, 0.29) is 11.2 Å². The summed E-state index contributed by atoms with van der Waals surface area (Å²) in [7, 11) is 0. The van der Waals surface area contributed by atoms with Crippen LogP contribution < -0.4 is 0 Å². The van der Waals surface area contributed by atoms with Gasteiger partial charge in [-0.25, -0.2) is 4.39 Å². The van der Waals surface area contributed by atoms with Crippen LogP contribution in [0.25, 0.3) is 0 Å². The first-order valence-electron chi connectivity index (χ1n) is 6.64. The Kier molecular flexibility index (Phi) is 5.87. The molecule has 0 amide bonds. The molecule has 0 saturated carbocycles. The van der Waals surface area contributed by atoms with Crippen LogP contribution in [0.5, 0.6) is 0 Å². The van der Waals surface area contributed by atoms with Crippen molar-refractivity contribution < 1.29 is 4.39 Å². The molecule has 0 unspecified atom stereocenters. The summed E-state index contributed by atoms with van der Waals surface area (Å²) in [5.41, 5.74) is 2.49. The number of halogens is 4. The maximum Gasteiger partial charge on any atom is 0.127 e. The molecule has 21 heavy (non-hydrogen) atoms. The zero-order valence-corrected chi connectivity index (χ0v) is 15.6. The summed E-state index contributed by atoms with van der Waals surface area (Å²) in [6.45, 7) is 2.01. The van der Waals surface area contributed by atoms with Crippen LogP contribution in [0.3, 0.4) is 0 Å². The number of benzene rings is 2. The zero-order valence-electron chi connectivity index (χ0n) is 11.7. The lowest BCUT2D eigenvalue weighted by molar-refractivity contribution is 0.501. The molecule has 2 aromatic rings. The molecule has 4 heteroatoms. The molecule has 0 bridgehead atoms. The van der Waals surface area contributed by atoms with E-state index in [4.69, 9.17) is 11.6 Å². The molecule has 112 valence electrons. The third-order valence-electron chi connectivity index (χ3n) is 3.69. The molecule has 0 atom stereocenters. The standard InChI is InChI=1S/C17H16Br2ClF/c1-12-6-7-13(15(20)8-12)9-17(10-18,11-19)14-4-2-3-5-16(14)21/h2-8H,9-11H2,1H3. The van der Waals surface area contributed by atoms with Crippen molar-refractivity contribution in [3.05, 3.63) is 70.0 Å². The van der Waals surface area contributed by atoms with Gasteiger partial charge in [0, 0.05) is 21.1 Å². The van der Waals surface area contributed by atoms with Gasteiger partial charge in [-0.1, -0.05) is 73.8 Å². The molecule has 2 rings (SSSR count). The van der Waals surface area contributed by atoms with Crippen LogP contribution in [0, 0.1) is 12.7 Å². The second kappa shape index (κ2) is 7.26. The Morgan fingerprint density at radius 2 is 1.76 bits per heavy atom. The fourth-order valence-electron chi connectivity index (χ4n) is 2.42. The highest BCUT2D eigenvalue weighted by Crippen LogP contribution is 2.36. The van der Waals surface area contributed by atoms with Crippen molar-refractivity contribution in [1.82, 2.24) is 0 Å². The van der Waals surface area contributed by atoms with Crippen molar-refractivity contribution in [2.24, 2.45) is 0 Å². The lowest BCUT2D eigenvalue weighted by Gasteiger charge is -2.31. The van der Waals surface area contributed by atoms with Crippen LogP contribution in [0.15, 0.2) is 42.5 Å². The van der Waals surface area contributed by atoms with Crippen LogP contribution >= 0.6 is 43.5 Å². The molecule has 2 aromatic carbocycles. The molecule has 0 radical (unpaired) electrons. The fourth-order valence-corrected chi connectivity index (χ4v) is 4.65. The first-order valence-corrected chi connectivity index (χ1v) is 9.26. The quantitative estimate of drug-likeness (QED) is 0.502. The van der Waals surface area contributed by atoms with Crippen molar-refractivity contribution in [2.45, 2.75) is 18.8 Å². The molecular weight excluding hydrogens is 418 g/mol. The van der Waals surface area contributed by atoms with E-state index in [1.165, 1.54) is 6.07 Å². The summed E-state index contributed by atoms with van der Waals surface area (Å²) in [6.07, 6.45) is 0.670. The molecule has 0 heterocycles. The van der Waals surface area contributed by atoms with E-state index in [9.17, 15) is 4.39 Å². The highest BCUT2D eigenvalue weighted by molar-refractivity contribution is 9.09. The molecule has 0 saturated heterocycles. The first kappa shape index (κ1) is 17.0. The number of hydrogen-bond donors (Lipinski definition) is 0. The van der Waals surface area contributed by atoms with Crippen molar-refractivity contribution in [2.75, 3.05) is 10.7 Å². The highest BCUT2D eigenvalue weighted by Gasteiger charge is 2.33. The predicted molar refractivity (Wildman–Crippen MR) is 95.6 cm³/mol. The smallest absolute Gasteiger partial charge is 0.127 e. The number of hydrogen-bond acceptors (Lipinski definition) is 0. The summed E-state index contributed by atoms with van der Waals surface area (Å²) in [4.78, 5) is 0. The first-order chi connectivity index (χ1) is 10.0. The van der Waals surface area contributed by atoms with Crippen LogP contribution in [0.1, 0.15) is 16.7 Å². The number of alkyl halides is 2. The van der Waals surface area contributed by atoms with E-state index >= 15 is 0 Å². The Labute approximate surface area is 147 Å². The average Bonchev–Trinajstić information content (AvgIpc) is 2.48. The van der Waals surface area contributed by atoms with Gasteiger partial charge in [0.15, 0.2) is 0 Å². The maximum absolute atomic E-state index is 14.3. The molecule has 0 aliphatic heterocycles. The predicted octanol–water partition coefficient (Wildman–Crippen LogP) is 6.06. The van der Waals surface area contributed by atoms with Gasteiger partial charge < -0.3 is 0 Å². The summed E-state index contributed by atoms with van der Waals surface area (Å²) in [5, 5.41) is 2.03. The highest BCUT2D eigenvalue weighted by atomic mass is 79.9. The van der Waals surface area contributed by atoms with E-state index < -0.39 is 0 Å². The molecule has 0 fully saturated rings. The van der Waals surface area contributed by atoms with Gasteiger partial charge in [0.05, 0.1) is 0 Å². The summed E-state index contributed by atoms with van der Waals surface area (Å²) in [6, 6.07) is 13.0. The average molecular weight is 435 g/mol. The largest absolute Gasteiger partial charge is 0.207 e. The van der Waals surface area contributed by atoms with E-state index in [2.05, 4.69) is 31.9 Å². The molecule has 0 nitrogen and oxygen atoms in total. The van der Waals surface area contributed by atoms with Gasteiger partial charge in [0.2, 0.25) is 0 Å².